The van der Waals surface area contributed by atoms with Crippen molar-refractivity contribution in [3.8, 4) is 0 Å². The molecule has 0 aromatic heterocycles. The molecule has 0 saturated carbocycles. The van der Waals surface area contributed by atoms with Gasteiger partial charge in [0, 0.05) is 5.75 Å². The highest BCUT2D eigenvalue weighted by molar-refractivity contribution is 7.99. The van der Waals surface area contributed by atoms with Crippen LogP contribution in [0.4, 0.5) is 0 Å². The number of rotatable bonds is 5. The molecule has 19 heavy (non-hydrogen) atoms. The maximum absolute atomic E-state index is 11.9. The number of thioether (sulfide) groups is 1. The predicted octanol–water partition coefficient (Wildman–Crippen LogP) is 2.21. The lowest BCUT2D eigenvalue weighted by molar-refractivity contribution is -0.152. The van der Waals surface area contributed by atoms with E-state index in [1.165, 1.54) is 11.1 Å². The van der Waals surface area contributed by atoms with Gasteiger partial charge in [-0.2, -0.15) is 0 Å². The lowest BCUT2D eigenvalue weighted by Gasteiger charge is -2.46. The average Bonchev–Trinajstić information content (AvgIpc) is 2.35. The van der Waals surface area contributed by atoms with Crippen molar-refractivity contribution < 1.29 is 9.90 Å². The molecule has 0 bridgehead atoms. The van der Waals surface area contributed by atoms with E-state index in [1.54, 1.807) is 16.7 Å². The minimum absolute atomic E-state index is 0.135. The summed E-state index contributed by atoms with van der Waals surface area (Å²) in [6, 6.07) is 8.36. The average molecular weight is 279 g/mol. The number of nitrogens with zero attached hydrogens (tertiary/aromatic N) is 1. The number of aliphatic hydroxyl groups is 1. The highest BCUT2D eigenvalue weighted by atomic mass is 32.2. The van der Waals surface area contributed by atoms with Gasteiger partial charge in [0.2, 0.25) is 5.91 Å². The summed E-state index contributed by atoms with van der Waals surface area (Å²) in [6.07, 6.45) is 0.715. The van der Waals surface area contributed by atoms with Gasteiger partial charge in [0.1, 0.15) is 0 Å². The number of likely N-dealkylation sites (tertiary alicyclic amines) is 1. The van der Waals surface area contributed by atoms with Crippen molar-refractivity contribution in [2.75, 3.05) is 18.8 Å². The summed E-state index contributed by atoms with van der Waals surface area (Å²) in [7, 11) is 0. The number of aryl methyl sites for hydroxylation is 1. The molecule has 0 unspecified atom stereocenters. The third-order valence-corrected chi connectivity index (χ3v) is 4.55. The molecular weight excluding hydrogens is 258 g/mol. The fourth-order valence-corrected chi connectivity index (χ4v) is 3.09. The van der Waals surface area contributed by atoms with Gasteiger partial charge in [-0.3, -0.25) is 4.79 Å². The number of hydrogen-bond donors (Lipinski definition) is 1. The van der Waals surface area contributed by atoms with Gasteiger partial charge >= 0.3 is 0 Å². The van der Waals surface area contributed by atoms with Gasteiger partial charge in [-0.1, -0.05) is 36.8 Å². The second kappa shape index (κ2) is 5.97. The van der Waals surface area contributed by atoms with E-state index in [4.69, 9.17) is 0 Å². The quantitative estimate of drug-likeness (QED) is 0.898. The van der Waals surface area contributed by atoms with Gasteiger partial charge in [0.15, 0.2) is 0 Å². The van der Waals surface area contributed by atoms with Crippen LogP contribution in [0.25, 0.3) is 0 Å². The molecular formula is C15H21NO2S. The van der Waals surface area contributed by atoms with Gasteiger partial charge in [0.05, 0.1) is 24.4 Å². The first-order valence-electron chi connectivity index (χ1n) is 6.66. The summed E-state index contributed by atoms with van der Waals surface area (Å²) < 4.78 is 0. The van der Waals surface area contributed by atoms with Crippen molar-refractivity contribution in [1.82, 2.24) is 4.90 Å². The number of hydrogen-bond acceptors (Lipinski definition) is 3. The second-order valence-corrected chi connectivity index (χ2v) is 6.30. The van der Waals surface area contributed by atoms with Crippen molar-refractivity contribution in [1.29, 1.82) is 0 Å². The van der Waals surface area contributed by atoms with Gasteiger partial charge in [0.25, 0.3) is 0 Å². The Hall–Kier alpha value is -1.00. The van der Waals surface area contributed by atoms with Crippen molar-refractivity contribution in [2.45, 2.75) is 31.6 Å². The Labute approximate surface area is 119 Å². The van der Waals surface area contributed by atoms with Gasteiger partial charge in [-0.25, -0.2) is 0 Å². The minimum Gasteiger partial charge on any atom is -0.386 e. The summed E-state index contributed by atoms with van der Waals surface area (Å²) in [5.74, 6) is 1.49. The zero-order chi connectivity index (χ0) is 13.9. The van der Waals surface area contributed by atoms with E-state index in [0.29, 0.717) is 25.3 Å². The maximum atomic E-state index is 11.9. The van der Waals surface area contributed by atoms with Crippen LogP contribution in [-0.2, 0) is 10.5 Å². The van der Waals surface area contributed by atoms with E-state index in [2.05, 4.69) is 25.1 Å². The minimum atomic E-state index is -0.628. The molecule has 0 spiro atoms. The van der Waals surface area contributed by atoms with Crippen LogP contribution in [-0.4, -0.2) is 40.4 Å². The molecule has 0 atom stereocenters. The maximum Gasteiger partial charge on any atom is 0.232 e. The van der Waals surface area contributed by atoms with Crippen molar-refractivity contribution in [2.24, 2.45) is 0 Å². The third kappa shape index (κ3) is 3.74. The Morgan fingerprint density at radius 1 is 1.47 bits per heavy atom. The van der Waals surface area contributed by atoms with Crippen LogP contribution in [0.15, 0.2) is 24.3 Å². The molecule has 0 aliphatic carbocycles. The number of carbonyl (C=O) groups excluding carboxylic acids is 1. The normalized spacial score (nSPS) is 17.1. The molecule has 2 rings (SSSR count). The SMILES string of the molecule is CCC1(O)CN(C(=O)CSCc2cccc(C)c2)C1. The molecule has 1 N–H and O–H groups in total. The standard InChI is InChI=1S/C15H21NO2S/c1-3-15(18)10-16(11-15)14(17)9-19-8-13-6-4-5-12(2)7-13/h4-7,18H,3,8-11H2,1-2H3. The lowest BCUT2D eigenvalue weighted by atomic mass is 9.91. The zero-order valence-corrected chi connectivity index (χ0v) is 12.4. The van der Waals surface area contributed by atoms with Crippen molar-refractivity contribution in [3.05, 3.63) is 35.4 Å². The van der Waals surface area contributed by atoms with Crippen LogP contribution < -0.4 is 0 Å². The smallest absolute Gasteiger partial charge is 0.232 e. The Morgan fingerprint density at radius 3 is 2.84 bits per heavy atom. The highest BCUT2D eigenvalue weighted by Gasteiger charge is 2.41. The van der Waals surface area contributed by atoms with Crippen LogP contribution in [0.1, 0.15) is 24.5 Å². The Bertz CT molecular complexity index is 455. The number of β-amino-alcohol motifs (C(OH)–C–C–N with tert-alkyl or cyclic N) is 1. The van der Waals surface area contributed by atoms with Crippen LogP contribution in [0.3, 0.4) is 0 Å². The molecule has 4 heteroatoms. The molecule has 1 aromatic rings. The monoisotopic (exact) mass is 279 g/mol. The molecule has 1 aliphatic rings. The fourth-order valence-electron chi connectivity index (χ4n) is 2.21. The summed E-state index contributed by atoms with van der Waals surface area (Å²) in [5.41, 5.74) is 1.88. The van der Waals surface area contributed by atoms with Gasteiger partial charge in [-0.15, -0.1) is 11.8 Å². The first kappa shape index (κ1) is 14.4. The Balaban J connectivity index is 1.71. The number of amides is 1. The summed E-state index contributed by atoms with van der Waals surface area (Å²) >= 11 is 1.64. The molecule has 1 saturated heterocycles. The van der Waals surface area contributed by atoms with Crippen molar-refractivity contribution >= 4 is 17.7 Å². The lowest BCUT2D eigenvalue weighted by Crippen LogP contribution is -2.63. The molecule has 1 fully saturated rings. The second-order valence-electron chi connectivity index (χ2n) is 5.31. The largest absolute Gasteiger partial charge is 0.386 e. The molecule has 1 aliphatic heterocycles. The Kier molecular flexibility index (Phi) is 4.53. The highest BCUT2D eigenvalue weighted by Crippen LogP contribution is 2.25. The van der Waals surface area contributed by atoms with E-state index in [0.717, 1.165) is 5.75 Å². The van der Waals surface area contributed by atoms with Gasteiger partial charge in [-0.05, 0) is 18.9 Å². The van der Waals surface area contributed by atoms with Crippen LogP contribution in [0.2, 0.25) is 0 Å². The van der Waals surface area contributed by atoms with Crippen LogP contribution in [0, 0.1) is 6.92 Å². The van der Waals surface area contributed by atoms with E-state index in [9.17, 15) is 9.90 Å². The van der Waals surface area contributed by atoms with Gasteiger partial charge < -0.3 is 10.0 Å². The molecule has 104 valence electrons. The first-order valence-corrected chi connectivity index (χ1v) is 7.81. The third-order valence-electron chi connectivity index (χ3n) is 3.56. The van der Waals surface area contributed by atoms with E-state index in [-0.39, 0.29) is 5.91 Å². The van der Waals surface area contributed by atoms with Crippen LogP contribution in [0.5, 0.6) is 0 Å². The zero-order valence-electron chi connectivity index (χ0n) is 11.6. The molecule has 1 heterocycles. The molecule has 0 radical (unpaired) electrons. The summed E-state index contributed by atoms with van der Waals surface area (Å²) in [6.45, 7) is 5.01. The number of carbonyl (C=O) groups is 1. The topological polar surface area (TPSA) is 40.5 Å². The van der Waals surface area contributed by atoms with E-state index >= 15 is 0 Å². The summed E-state index contributed by atoms with van der Waals surface area (Å²) in [5, 5.41) is 9.87. The fraction of sp³-hybridized carbons (Fsp3) is 0.533. The predicted molar refractivity (Wildman–Crippen MR) is 79.2 cm³/mol. The molecule has 1 aromatic carbocycles. The molecule has 3 nitrogen and oxygen atoms in total. The van der Waals surface area contributed by atoms with E-state index < -0.39 is 5.60 Å². The Morgan fingerprint density at radius 2 is 2.21 bits per heavy atom. The van der Waals surface area contributed by atoms with E-state index in [1.807, 2.05) is 13.0 Å². The van der Waals surface area contributed by atoms with Crippen molar-refractivity contribution in [3.63, 3.8) is 0 Å². The summed E-state index contributed by atoms with van der Waals surface area (Å²) in [4.78, 5) is 13.6. The first-order chi connectivity index (χ1) is 9.02. The number of benzene rings is 1. The molecule has 1 amide bonds. The van der Waals surface area contributed by atoms with Crippen LogP contribution >= 0.6 is 11.8 Å².